The van der Waals surface area contributed by atoms with E-state index in [2.05, 4.69) is 0 Å². The predicted molar refractivity (Wildman–Crippen MR) is 68.9 cm³/mol. The van der Waals surface area contributed by atoms with Gasteiger partial charge in [-0.25, -0.2) is 4.79 Å². The van der Waals surface area contributed by atoms with Crippen molar-refractivity contribution in [3.8, 4) is 5.75 Å². The Morgan fingerprint density at radius 1 is 1.20 bits per heavy atom. The number of aryl methyl sites for hydroxylation is 1. The van der Waals surface area contributed by atoms with Gasteiger partial charge in [0.05, 0.1) is 12.2 Å². The van der Waals surface area contributed by atoms with Crippen molar-refractivity contribution in [2.24, 2.45) is 0 Å². The van der Waals surface area contributed by atoms with E-state index in [1.807, 2.05) is 13.8 Å². The average molecular weight is 277 g/mol. The van der Waals surface area contributed by atoms with Crippen molar-refractivity contribution in [3.05, 3.63) is 29.3 Å². The molecule has 0 spiro atoms. The molecule has 0 unspecified atom stereocenters. The number of nitrogens with zero attached hydrogens (tertiary/aromatic N) is 1. The lowest BCUT2D eigenvalue weighted by Gasteiger charge is -2.13. The molecule has 6 nitrogen and oxygen atoms in total. The lowest BCUT2D eigenvalue weighted by atomic mass is 10.1. The summed E-state index contributed by atoms with van der Waals surface area (Å²) in [5.41, 5.74) is 1.06. The van der Waals surface area contributed by atoms with E-state index < -0.39 is 17.8 Å². The monoisotopic (exact) mass is 277 g/mol. The van der Waals surface area contributed by atoms with Gasteiger partial charge in [-0.15, -0.1) is 5.06 Å². The van der Waals surface area contributed by atoms with Crippen molar-refractivity contribution in [2.75, 3.05) is 6.61 Å². The lowest BCUT2D eigenvalue weighted by molar-refractivity contribution is -0.172. The molecule has 0 N–H and O–H groups in total. The predicted octanol–water partition coefficient (Wildman–Crippen LogP) is 1.61. The van der Waals surface area contributed by atoms with Crippen LogP contribution in [0, 0.1) is 6.92 Å². The Hall–Kier alpha value is -2.37. The van der Waals surface area contributed by atoms with Gasteiger partial charge in [0.15, 0.2) is 0 Å². The molecule has 0 aliphatic carbocycles. The molecule has 2 amide bonds. The minimum atomic E-state index is -0.752. The first-order valence-corrected chi connectivity index (χ1v) is 6.34. The third-order valence-corrected chi connectivity index (χ3v) is 2.78. The molecule has 1 fully saturated rings. The van der Waals surface area contributed by atoms with Crippen LogP contribution in [0.1, 0.15) is 35.7 Å². The first-order valence-electron chi connectivity index (χ1n) is 6.34. The number of carbonyl (C=O) groups excluding carboxylic acids is 3. The number of ether oxygens (including phenoxy) is 1. The molecule has 0 atom stereocenters. The molecular formula is C14H15NO5. The first kappa shape index (κ1) is 14.0. The summed E-state index contributed by atoms with van der Waals surface area (Å²) in [6.07, 6.45) is 0.147. The van der Waals surface area contributed by atoms with Gasteiger partial charge < -0.3 is 9.57 Å². The molecule has 106 valence electrons. The highest BCUT2D eigenvalue weighted by molar-refractivity contribution is 6.02. The zero-order valence-corrected chi connectivity index (χ0v) is 11.3. The van der Waals surface area contributed by atoms with E-state index in [9.17, 15) is 14.4 Å². The number of imide groups is 1. The number of carbonyl (C=O) groups is 3. The second-order valence-corrected chi connectivity index (χ2v) is 4.43. The molecular weight excluding hydrogens is 262 g/mol. The maximum Gasteiger partial charge on any atom is 0.364 e. The Bertz CT molecular complexity index is 551. The standard InChI is InChI=1S/C14H15NO5/c1-3-19-11-7-9(2)6-10(8-11)14(18)20-15-12(16)4-5-13(15)17/h6-8H,3-5H2,1-2H3. The fourth-order valence-electron chi connectivity index (χ4n) is 1.91. The second kappa shape index (κ2) is 5.73. The molecule has 1 saturated heterocycles. The summed E-state index contributed by atoms with van der Waals surface area (Å²) in [6.45, 7) is 4.12. The fourth-order valence-corrected chi connectivity index (χ4v) is 1.91. The van der Waals surface area contributed by atoms with Crippen molar-refractivity contribution in [2.45, 2.75) is 26.7 Å². The van der Waals surface area contributed by atoms with Crippen LogP contribution in [0.15, 0.2) is 18.2 Å². The van der Waals surface area contributed by atoms with Crippen molar-refractivity contribution < 1.29 is 24.0 Å². The molecule has 1 aromatic carbocycles. The van der Waals surface area contributed by atoms with Crippen LogP contribution < -0.4 is 4.74 Å². The normalized spacial score (nSPS) is 14.6. The molecule has 0 aromatic heterocycles. The molecule has 0 saturated carbocycles. The summed E-state index contributed by atoms with van der Waals surface area (Å²) in [5.74, 6) is -1.21. The van der Waals surface area contributed by atoms with Gasteiger partial charge in [0.2, 0.25) is 0 Å². The Labute approximate surface area is 116 Å². The number of hydrogen-bond donors (Lipinski definition) is 0. The number of benzene rings is 1. The number of rotatable bonds is 4. The van der Waals surface area contributed by atoms with Crippen LogP contribution >= 0.6 is 0 Å². The van der Waals surface area contributed by atoms with Gasteiger partial charge in [0.1, 0.15) is 5.75 Å². The molecule has 1 aromatic rings. The van der Waals surface area contributed by atoms with Gasteiger partial charge >= 0.3 is 5.97 Å². The Balaban J connectivity index is 2.16. The van der Waals surface area contributed by atoms with Gasteiger partial charge in [-0.1, -0.05) is 0 Å². The minimum absolute atomic E-state index is 0.0735. The van der Waals surface area contributed by atoms with Gasteiger partial charge in [0, 0.05) is 12.8 Å². The summed E-state index contributed by atoms with van der Waals surface area (Å²) in [5, 5.41) is 0.533. The molecule has 0 radical (unpaired) electrons. The Kier molecular flexibility index (Phi) is 4.02. The average Bonchev–Trinajstić information content (AvgIpc) is 2.70. The third-order valence-electron chi connectivity index (χ3n) is 2.78. The van der Waals surface area contributed by atoms with Crippen molar-refractivity contribution in [1.82, 2.24) is 5.06 Å². The van der Waals surface area contributed by atoms with Crippen LogP contribution in [-0.2, 0) is 14.4 Å². The van der Waals surface area contributed by atoms with E-state index in [4.69, 9.17) is 9.57 Å². The second-order valence-electron chi connectivity index (χ2n) is 4.43. The van der Waals surface area contributed by atoms with E-state index in [1.165, 1.54) is 6.07 Å². The maximum absolute atomic E-state index is 12.0. The zero-order valence-electron chi connectivity index (χ0n) is 11.3. The SMILES string of the molecule is CCOc1cc(C)cc(C(=O)ON2C(=O)CCC2=O)c1. The summed E-state index contributed by atoms with van der Waals surface area (Å²) in [4.78, 5) is 39.6. The molecule has 0 bridgehead atoms. The van der Waals surface area contributed by atoms with Crippen LogP contribution in [0.3, 0.4) is 0 Å². The summed E-state index contributed by atoms with van der Waals surface area (Å²) in [7, 11) is 0. The van der Waals surface area contributed by atoms with Crippen LogP contribution in [0.4, 0.5) is 0 Å². The molecule has 1 aliphatic heterocycles. The summed E-state index contributed by atoms with van der Waals surface area (Å²) < 4.78 is 5.33. The smallest absolute Gasteiger partial charge is 0.364 e. The van der Waals surface area contributed by atoms with E-state index in [0.29, 0.717) is 17.4 Å². The van der Waals surface area contributed by atoms with Gasteiger partial charge in [0.25, 0.3) is 11.8 Å². The minimum Gasteiger partial charge on any atom is -0.494 e. The van der Waals surface area contributed by atoms with Crippen molar-refractivity contribution in [3.63, 3.8) is 0 Å². The van der Waals surface area contributed by atoms with Gasteiger partial charge in [-0.3, -0.25) is 9.59 Å². The van der Waals surface area contributed by atoms with Crippen LogP contribution in [0.25, 0.3) is 0 Å². The molecule has 1 heterocycles. The van der Waals surface area contributed by atoms with Crippen LogP contribution in [0.2, 0.25) is 0 Å². The molecule has 6 heteroatoms. The highest BCUT2D eigenvalue weighted by Crippen LogP contribution is 2.19. The van der Waals surface area contributed by atoms with Crippen molar-refractivity contribution >= 4 is 17.8 Å². The highest BCUT2D eigenvalue weighted by atomic mass is 16.7. The summed E-state index contributed by atoms with van der Waals surface area (Å²) >= 11 is 0. The Morgan fingerprint density at radius 2 is 1.85 bits per heavy atom. The molecule has 2 rings (SSSR count). The van der Waals surface area contributed by atoms with Crippen LogP contribution in [-0.4, -0.2) is 29.5 Å². The molecule has 1 aliphatic rings. The quantitative estimate of drug-likeness (QED) is 0.782. The van der Waals surface area contributed by atoms with Gasteiger partial charge in [-0.05, 0) is 37.6 Å². The number of hydrogen-bond acceptors (Lipinski definition) is 5. The largest absolute Gasteiger partial charge is 0.494 e. The lowest BCUT2D eigenvalue weighted by Crippen LogP contribution is -2.32. The highest BCUT2D eigenvalue weighted by Gasteiger charge is 2.33. The van der Waals surface area contributed by atoms with E-state index in [0.717, 1.165) is 5.56 Å². The van der Waals surface area contributed by atoms with Gasteiger partial charge in [-0.2, -0.15) is 0 Å². The van der Waals surface area contributed by atoms with Crippen LogP contribution in [0.5, 0.6) is 5.75 Å². The fraction of sp³-hybridized carbons (Fsp3) is 0.357. The number of amides is 2. The molecule has 20 heavy (non-hydrogen) atoms. The summed E-state index contributed by atoms with van der Waals surface area (Å²) in [6, 6.07) is 4.91. The number of hydroxylamine groups is 2. The first-order chi connectivity index (χ1) is 9.51. The Morgan fingerprint density at radius 3 is 2.45 bits per heavy atom. The van der Waals surface area contributed by atoms with E-state index >= 15 is 0 Å². The maximum atomic E-state index is 12.0. The topological polar surface area (TPSA) is 72.9 Å². The zero-order chi connectivity index (χ0) is 14.7. The van der Waals surface area contributed by atoms with E-state index in [1.54, 1.807) is 12.1 Å². The third kappa shape index (κ3) is 2.96. The van der Waals surface area contributed by atoms with Crippen molar-refractivity contribution in [1.29, 1.82) is 0 Å². The van der Waals surface area contributed by atoms with E-state index in [-0.39, 0.29) is 18.4 Å².